The van der Waals surface area contributed by atoms with Crippen molar-refractivity contribution in [2.24, 2.45) is 0 Å². The lowest BCUT2D eigenvalue weighted by molar-refractivity contribution is 0.0480. The minimum absolute atomic E-state index is 0.439. The van der Waals surface area contributed by atoms with Crippen LogP contribution in [0.15, 0.2) is 0 Å². The molecule has 5 heteroatoms. The second kappa shape index (κ2) is 3.36. The molecule has 1 heterocycles. The third-order valence-electron chi connectivity index (χ3n) is 1.51. The number of rotatable bonds is 1. The molecule has 56 valence electrons. The Labute approximate surface area is 73.7 Å². The molecule has 0 aromatic heterocycles. The zero-order valence-electron chi connectivity index (χ0n) is 5.21. The third-order valence-corrected chi connectivity index (χ3v) is 2.37. The molecule has 0 aromatic rings. The summed E-state index contributed by atoms with van der Waals surface area (Å²) < 4.78 is 18.1. The maximum absolute atomic E-state index is 12.6. The van der Waals surface area contributed by atoms with E-state index in [4.69, 9.17) is 17.7 Å². The fourth-order valence-corrected chi connectivity index (χ4v) is 1.61. The second-order valence-corrected chi connectivity index (χ2v) is 3.11. The van der Waals surface area contributed by atoms with Crippen LogP contribution in [0.5, 0.6) is 0 Å². The number of alkyl halides is 2. The summed E-state index contributed by atoms with van der Waals surface area (Å²) >= 11 is 2.02. The second-order valence-electron chi connectivity index (χ2n) is 2.23. The summed E-state index contributed by atoms with van der Waals surface area (Å²) in [5, 5.41) is 9.04. The Kier molecular flexibility index (Phi) is 2.94. The maximum Gasteiger partial charge on any atom is 0.146 e. The highest BCUT2D eigenvalue weighted by atomic mass is 127. The van der Waals surface area contributed by atoms with Gasteiger partial charge in [-0.2, -0.15) is 0 Å². The SMILES string of the molecule is [B][C@@H]1O[C@H](CI)[C@H](O)[C@@H]1F. The van der Waals surface area contributed by atoms with E-state index in [-0.39, 0.29) is 0 Å². The number of hydrogen-bond donors (Lipinski definition) is 1. The molecule has 0 aliphatic carbocycles. The van der Waals surface area contributed by atoms with Gasteiger partial charge in [0, 0.05) is 4.43 Å². The molecule has 1 fully saturated rings. The highest BCUT2D eigenvalue weighted by molar-refractivity contribution is 14.1. The molecule has 0 saturated carbocycles. The van der Waals surface area contributed by atoms with Crippen molar-refractivity contribution in [3.63, 3.8) is 0 Å². The average Bonchev–Trinajstić information content (AvgIpc) is 2.17. The largest absolute Gasteiger partial charge is 0.387 e. The van der Waals surface area contributed by atoms with Crippen LogP contribution < -0.4 is 0 Å². The summed E-state index contributed by atoms with van der Waals surface area (Å²) in [6.07, 6.45) is -2.92. The van der Waals surface area contributed by atoms with Gasteiger partial charge in [-0.15, -0.1) is 0 Å². The topological polar surface area (TPSA) is 29.5 Å². The van der Waals surface area contributed by atoms with Gasteiger partial charge in [0.25, 0.3) is 0 Å². The summed E-state index contributed by atoms with van der Waals surface area (Å²) in [7, 11) is 5.17. The highest BCUT2D eigenvalue weighted by Gasteiger charge is 2.40. The van der Waals surface area contributed by atoms with Gasteiger partial charge < -0.3 is 9.84 Å². The van der Waals surface area contributed by atoms with Gasteiger partial charge in [0.15, 0.2) is 0 Å². The number of hydrogen-bond acceptors (Lipinski definition) is 2. The van der Waals surface area contributed by atoms with Gasteiger partial charge >= 0.3 is 0 Å². The summed E-state index contributed by atoms with van der Waals surface area (Å²) in [5.74, 6) is 0. The van der Waals surface area contributed by atoms with E-state index in [2.05, 4.69) is 0 Å². The normalized spacial score (nSPS) is 47.9. The van der Waals surface area contributed by atoms with Crippen LogP contribution in [0.1, 0.15) is 0 Å². The summed E-state index contributed by atoms with van der Waals surface area (Å²) in [6, 6.07) is -0.949. The highest BCUT2D eigenvalue weighted by Crippen LogP contribution is 2.23. The first-order valence-electron chi connectivity index (χ1n) is 2.96. The zero-order valence-corrected chi connectivity index (χ0v) is 7.36. The monoisotopic (exact) mass is 256 g/mol. The molecular weight excluding hydrogens is 249 g/mol. The molecule has 0 amide bonds. The Morgan fingerprint density at radius 1 is 1.70 bits per heavy atom. The lowest BCUT2D eigenvalue weighted by Crippen LogP contribution is -2.29. The van der Waals surface area contributed by atoms with Gasteiger partial charge in [0.05, 0.1) is 12.1 Å². The first-order valence-corrected chi connectivity index (χ1v) is 4.48. The van der Waals surface area contributed by atoms with E-state index >= 15 is 0 Å². The van der Waals surface area contributed by atoms with Gasteiger partial charge in [-0.3, -0.25) is 0 Å². The predicted octanol–water partition coefficient (Wildman–Crippen LogP) is 0.0138. The van der Waals surface area contributed by atoms with Crippen molar-refractivity contribution >= 4 is 30.4 Å². The zero-order chi connectivity index (χ0) is 7.72. The van der Waals surface area contributed by atoms with E-state index in [1.54, 1.807) is 0 Å². The Morgan fingerprint density at radius 3 is 2.50 bits per heavy atom. The van der Waals surface area contributed by atoms with E-state index in [1.165, 1.54) is 0 Å². The number of aliphatic hydroxyl groups is 1. The Hall–Kier alpha value is 0.645. The molecule has 4 atom stereocenters. The first-order chi connectivity index (χ1) is 4.66. The fourth-order valence-electron chi connectivity index (χ4n) is 0.884. The van der Waals surface area contributed by atoms with Crippen LogP contribution in [-0.4, -0.2) is 41.8 Å². The number of aliphatic hydroxyl groups excluding tert-OH is 1. The standard InChI is InChI=1S/C5H7BFIO2/c6-5-3(7)4(9)2(1-8)10-5/h2-5,9H,1H2/t2-,3+,4+,5-/m1/s1. The smallest absolute Gasteiger partial charge is 0.146 e. The van der Waals surface area contributed by atoms with Crippen LogP contribution in [0.2, 0.25) is 0 Å². The van der Waals surface area contributed by atoms with Gasteiger partial charge in [0.1, 0.15) is 20.1 Å². The van der Waals surface area contributed by atoms with E-state index in [9.17, 15) is 4.39 Å². The fraction of sp³-hybridized carbons (Fsp3) is 1.00. The van der Waals surface area contributed by atoms with E-state index in [1.807, 2.05) is 22.6 Å². The Morgan fingerprint density at radius 2 is 2.30 bits per heavy atom. The molecule has 0 bridgehead atoms. The number of ether oxygens (including phenoxy) is 1. The number of halogens is 2. The maximum atomic E-state index is 12.6. The first kappa shape index (κ1) is 8.74. The summed E-state index contributed by atoms with van der Waals surface area (Å²) in [6.45, 7) is 0. The van der Waals surface area contributed by atoms with Crippen LogP contribution in [-0.2, 0) is 4.74 Å². The van der Waals surface area contributed by atoms with E-state index in [0.29, 0.717) is 4.43 Å². The Balaban J connectivity index is 2.53. The van der Waals surface area contributed by atoms with Crippen LogP contribution in [0.3, 0.4) is 0 Å². The molecule has 10 heavy (non-hydrogen) atoms. The van der Waals surface area contributed by atoms with Crippen LogP contribution in [0.25, 0.3) is 0 Å². The molecule has 0 aromatic carbocycles. The van der Waals surface area contributed by atoms with E-state index in [0.717, 1.165) is 0 Å². The molecule has 1 saturated heterocycles. The quantitative estimate of drug-likeness (QED) is 0.407. The van der Waals surface area contributed by atoms with Crippen LogP contribution >= 0.6 is 22.6 Å². The van der Waals surface area contributed by atoms with Crippen molar-refractivity contribution < 1.29 is 14.2 Å². The lowest BCUT2D eigenvalue weighted by Gasteiger charge is -2.09. The molecule has 1 aliphatic rings. The van der Waals surface area contributed by atoms with Gasteiger partial charge in [-0.05, 0) is 0 Å². The molecule has 2 nitrogen and oxygen atoms in total. The van der Waals surface area contributed by atoms with Gasteiger partial charge in [0.2, 0.25) is 0 Å². The van der Waals surface area contributed by atoms with Crippen molar-refractivity contribution in [3.05, 3.63) is 0 Å². The minimum Gasteiger partial charge on any atom is -0.387 e. The summed E-state index contributed by atoms with van der Waals surface area (Å²) in [4.78, 5) is 0. The van der Waals surface area contributed by atoms with Crippen LogP contribution in [0.4, 0.5) is 4.39 Å². The Bertz CT molecular complexity index is 126. The van der Waals surface area contributed by atoms with Gasteiger partial charge in [-0.25, -0.2) is 4.39 Å². The minimum atomic E-state index is -1.43. The van der Waals surface area contributed by atoms with Crippen molar-refractivity contribution in [1.29, 1.82) is 0 Å². The molecule has 2 radical (unpaired) electrons. The molecule has 0 spiro atoms. The molecule has 0 unspecified atom stereocenters. The molecule has 1 rings (SSSR count). The van der Waals surface area contributed by atoms with Crippen LogP contribution in [0, 0.1) is 0 Å². The summed E-state index contributed by atoms with van der Waals surface area (Å²) in [5.41, 5.74) is 0. The average molecular weight is 256 g/mol. The van der Waals surface area contributed by atoms with Crippen molar-refractivity contribution in [3.8, 4) is 0 Å². The van der Waals surface area contributed by atoms with Gasteiger partial charge in [-0.1, -0.05) is 22.6 Å². The third kappa shape index (κ3) is 1.45. The molecule has 1 aliphatic heterocycles. The molecule has 1 N–H and O–H groups in total. The lowest BCUT2D eigenvalue weighted by atomic mass is 9.94. The molecular formula is C5H7BFIO2. The van der Waals surface area contributed by atoms with Crippen molar-refractivity contribution in [2.75, 3.05) is 4.43 Å². The predicted molar refractivity (Wildman–Crippen MR) is 44.2 cm³/mol. The van der Waals surface area contributed by atoms with Crippen molar-refractivity contribution in [2.45, 2.75) is 24.4 Å². The van der Waals surface area contributed by atoms with E-state index < -0.39 is 24.4 Å². The van der Waals surface area contributed by atoms with Crippen molar-refractivity contribution in [1.82, 2.24) is 0 Å².